The molecule has 1 saturated carbocycles. The minimum Gasteiger partial charge on any atom is -0.369 e. The van der Waals surface area contributed by atoms with Crippen LogP contribution < -0.4 is 10.6 Å². The molecule has 0 bridgehead atoms. The van der Waals surface area contributed by atoms with Gasteiger partial charge in [0.25, 0.3) is 5.91 Å². The number of ether oxygens (including phenoxy) is 1. The highest BCUT2D eigenvalue weighted by Gasteiger charge is 2.40. The van der Waals surface area contributed by atoms with Crippen LogP contribution >= 0.6 is 0 Å². The number of methoxy groups -OCH3 is 1. The molecule has 1 aliphatic carbocycles. The molecule has 4 nitrogen and oxygen atoms in total. The number of amides is 1. The number of nitrogens with two attached hydrogens (primary N) is 1. The van der Waals surface area contributed by atoms with E-state index in [0.29, 0.717) is 12.6 Å². The van der Waals surface area contributed by atoms with Crippen molar-refractivity contribution in [1.29, 1.82) is 0 Å². The van der Waals surface area contributed by atoms with Crippen molar-refractivity contribution >= 4 is 11.6 Å². The number of hydrogen-bond donors (Lipinski definition) is 1. The van der Waals surface area contributed by atoms with Gasteiger partial charge in [0, 0.05) is 25.4 Å². The zero-order chi connectivity index (χ0) is 14.0. The van der Waals surface area contributed by atoms with Crippen molar-refractivity contribution in [3.8, 4) is 0 Å². The molecule has 0 aromatic heterocycles. The Bertz CT molecular complexity index is 450. The maximum atomic E-state index is 12.6. The van der Waals surface area contributed by atoms with Crippen molar-refractivity contribution in [1.82, 2.24) is 0 Å². The molecule has 0 heterocycles. The van der Waals surface area contributed by atoms with Gasteiger partial charge in [0.05, 0.1) is 0 Å². The van der Waals surface area contributed by atoms with E-state index in [1.54, 1.807) is 21.0 Å². The summed E-state index contributed by atoms with van der Waals surface area (Å²) in [7, 11) is 1.57. The minimum absolute atomic E-state index is 0.0120. The second kappa shape index (κ2) is 5.31. The maximum absolute atomic E-state index is 12.6. The number of carbonyl (C=O) groups is 1. The number of anilines is 1. The fraction of sp³-hybridized carbons (Fsp3) is 0.533. The smallest absolute Gasteiger partial charge is 0.258 e. The van der Waals surface area contributed by atoms with Crippen molar-refractivity contribution in [2.24, 2.45) is 5.73 Å². The lowest BCUT2D eigenvalue weighted by Crippen LogP contribution is -2.47. The molecule has 2 N–H and O–H groups in total. The molecule has 1 aromatic carbocycles. The van der Waals surface area contributed by atoms with E-state index in [9.17, 15) is 4.79 Å². The lowest BCUT2D eigenvalue weighted by molar-refractivity contribution is -0.136. The largest absolute Gasteiger partial charge is 0.369 e. The van der Waals surface area contributed by atoms with E-state index >= 15 is 0 Å². The molecule has 19 heavy (non-hydrogen) atoms. The standard InChI is InChI=1S/C15H22N2O2/c1-15(2,19-3)14(18)17(13-8-9-13)12-6-4-11(10-16)5-7-12/h4-7,13H,8-10,16H2,1-3H3. The number of benzene rings is 1. The minimum atomic E-state index is -0.796. The third kappa shape index (κ3) is 2.96. The Hall–Kier alpha value is -1.39. The summed E-state index contributed by atoms with van der Waals surface area (Å²) >= 11 is 0. The van der Waals surface area contributed by atoms with Gasteiger partial charge in [0.15, 0.2) is 0 Å². The van der Waals surface area contributed by atoms with E-state index in [1.807, 2.05) is 29.2 Å². The first-order valence-corrected chi connectivity index (χ1v) is 6.67. The summed E-state index contributed by atoms with van der Waals surface area (Å²) in [5.74, 6) is 0.0120. The Balaban J connectivity index is 2.27. The lowest BCUT2D eigenvalue weighted by Gasteiger charge is -2.31. The molecular weight excluding hydrogens is 240 g/mol. The zero-order valence-electron chi connectivity index (χ0n) is 11.8. The molecule has 0 radical (unpaired) electrons. The average Bonchev–Trinajstić information content (AvgIpc) is 3.24. The van der Waals surface area contributed by atoms with Crippen molar-refractivity contribution in [2.45, 2.75) is 44.9 Å². The Kier molecular flexibility index (Phi) is 3.92. The second-order valence-electron chi connectivity index (χ2n) is 5.49. The van der Waals surface area contributed by atoms with Gasteiger partial charge in [-0.2, -0.15) is 0 Å². The van der Waals surface area contributed by atoms with Crippen molar-refractivity contribution < 1.29 is 9.53 Å². The van der Waals surface area contributed by atoms with Crippen LogP contribution in [0.3, 0.4) is 0 Å². The van der Waals surface area contributed by atoms with Gasteiger partial charge in [0.1, 0.15) is 5.60 Å². The van der Waals surface area contributed by atoms with Gasteiger partial charge in [-0.15, -0.1) is 0 Å². The van der Waals surface area contributed by atoms with Gasteiger partial charge in [-0.3, -0.25) is 4.79 Å². The number of hydrogen-bond acceptors (Lipinski definition) is 3. The van der Waals surface area contributed by atoms with Gasteiger partial charge in [-0.1, -0.05) is 12.1 Å². The van der Waals surface area contributed by atoms with Crippen LogP contribution in [0.5, 0.6) is 0 Å². The van der Waals surface area contributed by atoms with E-state index in [4.69, 9.17) is 10.5 Å². The molecule has 1 aromatic rings. The van der Waals surface area contributed by atoms with Crippen LogP contribution in [0.25, 0.3) is 0 Å². The molecule has 4 heteroatoms. The van der Waals surface area contributed by atoms with Gasteiger partial charge in [-0.05, 0) is 44.4 Å². The summed E-state index contributed by atoms with van der Waals surface area (Å²) < 4.78 is 5.31. The molecule has 104 valence electrons. The van der Waals surface area contributed by atoms with Crippen LogP contribution in [-0.2, 0) is 16.1 Å². The Morgan fingerprint density at radius 1 is 1.37 bits per heavy atom. The Morgan fingerprint density at radius 3 is 2.37 bits per heavy atom. The quantitative estimate of drug-likeness (QED) is 0.883. The molecule has 0 spiro atoms. The molecule has 0 unspecified atom stereocenters. The fourth-order valence-corrected chi connectivity index (χ4v) is 2.00. The monoisotopic (exact) mass is 262 g/mol. The van der Waals surface area contributed by atoms with E-state index in [0.717, 1.165) is 24.1 Å². The van der Waals surface area contributed by atoms with Gasteiger partial charge in [0.2, 0.25) is 0 Å². The van der Waals surface area contributed by atoms with Crippen LogP contribution in [-0.4, -0.2) is 24.7 Å². The molecular formula is C15H22N2O2. The zero-order valence-corrected chi connectivity index (χ0v) is 11.8. The first-order chi connectivity index (χ1) is 8.99. The highest BCUT2D eigenvalue weighted by Crippen LogP contribution is 2.34. The van der Waals surface area contributed by atoms with E-state index in [-0.39, 0.29) is 5.91 Å². The van der Waals surface area contributed by atoms with Gasteiger partial charge >= 0.3 is 0 Å². The normalized spacial score (nSPS) is 15.4. The topological polar surface area (TPSA) is 55.6 Å². The van der Waals surface area contributed by atoms with E-state index in [2.05, 4.69) is 0 Å². The molecule has 1 amide bonds. The Morgan fingerprint density at radius 2 is 1.95 bits per heavy atom. The first kappa shape index (κ1) is 14.0. The second-order valence-corrected chi connectivity index (χ2v) is 5.49. The van der Waals surface area contributed by atoms with Gasteiger partial charge in [-0.25, -0.2) is 0 Å². The summed E-state index contributed by atoms with van der Waals surface area (Å²) in [6.45, 7) is 4.12. The highest BCUT2D eigenvalue weighted by atomic mass is 16.5. The molecule has 0 saturated heterocycles. The SMILES string of the molecule is COC(C)(C)C(=O)N(c1ccc(CN)cc1)C1CC1. The fourth-order valence-electron chi connectivity index (χ4n) is 2.00. The summed E-state index contributed by atoms with van der Waals surface area (Å²) in [5, 5.41) is 0. The average molecular weight is 262 g/mol. The molecule has 2 rings (SSSR count). The predicted molar refractivity (Wildman–Crippen MR) is 75.9 cm³/mol. The van der Waals surface area contributed by atoms with Crippen LogP contribution in [0.15, 0.2) is 24.3 Å². The number of carbonyl (C=O) groups excluding carboxylic acids is 1. The van der Waals surface area contributed by atoms with Crippen LogP contribution in [0.4, 0.5) is 5.69 Å². The lowest BCUT2D eigenvalue weighted by atomic mass is 10.1. The van der Waals surface area contributed by atoms with Crippen molar-refractivity contribution in [3.63, 3.8) is 0 Å². The summed E-state index contributed by atoms with van der Waals surface area (Å²) in [6, 6.07) is 8.18. The first-order valence-electron chi connectivity index (χ1n) is 6.67. The van der Waals surface area contributed by atoms with E-state index < -0.39 is 5.60 Å². The van der Waals surface area contributed by atoms with Gasteiger partial charge < -0.3 is 15.4 Å². The molecule has 1 fully saturated rings. The number of nitrogens with zero attached hydrogens (tertiary/aromatic N) is 1. The highest BCUT2D eigenvalue weighted by molar-refractivity contribution is 5.99. The summed E-state index contributed by atoms with van der Waals surface area (Å²) in [4.78, 5) is 14.5. The predicted octanol–water partition coefficient (Wildman–Crippen LogP) is 2.07. The van der Waals surface area contributed by atoms with Crippen LogP contribution in [0.1, 0.15) is 32.3 Å². The van der Waals surface area contributed by atoms with Crippen LogP contribution in [0, 0.1) is 0 Å². The molecule has 1 aliphatic rings. The summed E-state index contributed by atoms with van der Waals surface area (Å²) in [5.41, 5.74) is 6.79. The van der Waals surface area contributed by atoms with Crippen LogP contribution in [0.2, 0.25) is 0 Å². The molecule has 0 atom stereocenters. The number of rotatable bonds is 5. The third-order valence-electron chi connectivity index (χ3n) is 3.61. The third-order valence-corrected chi connectivity index (χ3v) is 3.61. The van der Waals surface area contributed by atoms with Crippen molar-refractivity contribution in [3.05, 3.63) is 29.8 Å². The maximum Gasteiger partial charge on any atom is 0.258 e. The van der Waals surface area contributed by atoms with Crippen molar-refractivity contribution in [2.75, 3.05) is 12.0 Å². The Labute approximate surface area is 114 Å². The van der Waals surface area contributed by atoms with E-state index in [1.165, 1.54) is 0 Å². The summed E-state index contributed by atoms with van der Waals surface area (Å²) in [6.07, 6.45) is 2.12. The molecule has 0 aliphatic heterocycles.